The third kappa shape index (κ3) is 5.31. The second kappa shape index (κ2) is 11.8. The van der Waals surface area contributed by atoms with Gasteiger partial charge >= 0.3 is 5.97 Å². The number of phenols is 1. The fraction of sp³-hybridized carbons (Fsp3) is 0.545. The first-order valence-corrected chi connectivity index (χ1v) is 16.0. The van der Waals surface area contributed by atoms with Crippen molar-refractivity contribution in [2.45, 2.75) is 56.4 Å². The number of benzene rings is 1. The normalized spacial score (nSPS) is 29.0. The van der Waals surface area contributed by atoms with E-state index in [4.69, 9.17) is 20.4 Å². The van der Waals surface area contributed by atoms with Crippen molar-refractivity contribution in [1.82, 2.24) is 25.5 Å². The van der Waals surface area contributed by atoms with Crippen LogP contribution in [0.25, 0.3) is 11.3 Å². The molecule has 7 rings (SSSR count). The summed E-state index contributed by atoms with van der Waals surface area (Å²) in [5.74, 6) is 3.25. The average Bonchev–Trinajstić information content (AvgIpc) is 3.23. The predicted molar refractivity (Wildman–Crippen MR) is 168 cm³/mol. The largest absolute Gasteiger partial charge is 0.507 e. The van der Waals surface area contributed by atoms with Crippen molar-refractivity contribution in [3.63, 3.8) is 0 Å². The zero-order valence-corrected chi connectivity index (χ0v) is 25.3. The summed E-state index contributed by atoms with van der Waals surface area (Å²) in [5.41, 5.74) is 9.57. The summed E-state index contributed by atoms with van der Waals surface area (Å²) >= 11 is 0. The standard InChI is InChI=1S/C33H42N8O3/c1-44-31(43)21-6-8-23(9-7-21)35-10-11-36-24-16-37-32(38-17-24)33-14-20-12-26(33)22(15-33)19-41(18-20)28-13-27(39-40-30(28)34)25-4-2-3-5-29(25)42/h2-5,13,16-17,20-23,26,35-36,42H,6-12,14-15,18-19H2,1H3,(H2,34,40)/t20?,21-,22?,23+,26?,33?. The van der Waals surface area contributed by atoms with Gasteiger partial charge in [0.1, 0.15) is 11.6 Å². The molecule has 3 heterocycles. The Bertz CT molecular complexity index is 1490. The highest BCUT2D eigenvalue weighted by molar-refractivity contribution is 5.74. The minimum atomic E-state index is -0.0722. The molecular formula is C33H42N8O3. The molecule has 0 amide bonds. The fourth-order valence-corrected chi connectivity index (χ4v) is 8.53. The van der Waals surface area contributed by atoms with E-state index in [1.807, 2.05) is 30.6 Å². The molecule has 44 heavy (non-hydrogen) atoms. The lowest BCUT2D eigenvalue weighted by Crippen LogP contribution is -2.53. The lowest BCUT2D eigenvalue weighted by Gasteiger charge is -2.52. The number of phenolic OH excluding ortho intramolecular Hbond substituents is 1. The summed E-state index contributed by atoms with van der Waals surface area (Å²) < 4.78 is 4.89. The minimum Gasteiger partial charge on any atom is -0.507 e. The number of para-hydroxylation sites is 1. The number of methoxy groups -OCH3 is 1. The molecule has 2 aromatic heterocycles. The number of ether oxygens (including phenoxy) is 1. The first kappa shape index (κ1) is 28.8. The second-order valence-electron chi connectivity index (χ2n) is 13.2. The molecule has 5 N–H and O–H groups in total. The van der Waals surface area contributed by atoms with Gasteiger partial charge in [0.05, 0.1) is 42.5 Å². The number of aromatic nitrogens is 4. The quantitative estimate of drug-likeness (QED) is 0.210. The van der Waals surface area contributed by atoms with Gasteiger partial charge in [-0.15, -0.1) is 10.2 Å². The molecule has 0 spiro atoms. The van der Waals surface area contributed by atoms with Crippen molar-refractivity contribution in [2.24, 2.45) is 23.7 Å². The van der Waals surface area contributed by atoms with Crippen molar-refractivity contribution in [1.29, 1.82) is 0 Å². The van der Waals surface area contributed by atoms with Crippen LogP contribution < -0.4 is 21.3 Å². The molecule has 11 nitrogen and oxygen atoms in total. The highest BCUT2D eigenvalue weighted by Crippen LogP contribution is 2.64. The maximum atomic E-state index is 11.7. The molecule has 3 aromatic rings. The van der Waals surface area contributed by atoms with Crippen LogP contribution in [0.4, 0.5) is 17.2 Å². The van der Waals surface area contributed by atoms with Gasteiger partial charge in [0.15, 0.2) is 5.82 Å². The molecular weight excluding hydrogens is 556 g/mol. The van der Waals surface area contributed by atoms with Gasteiger partial charge in [0.2, 0.25) is 0 Å². The molecule has 1 aliphatic heterocycles. The number of nitrogens with one attached hydrogen (secondary N) is 2. The van der Waals surface area contributed by atoms with E-state index in [-0.39, 0.29) is 23.1 Å². The van der Waals surface area contributed by atoms with Gasteiger partial charge in [0, 0.05) is 43.2 Å². The van der Waals surface area contributed by atoms with E-state index in [0.29, 0.717) is 40.9 Å². The topological polar surface area (TPSA) is 151 Å². The molecule has 11 heteroatoms. The summed E-state index contributed by atoms with van der Waals surface area (Å²) in [6.07, 6.45) is 11.0. The summed E-state index contributed by atoms with van der Waals surface area (Å²) in [5, 5.41) is 26.0. The van der Waals surface area contributed by atoms with Crippen molar-refractivity contribution >= 4 is 23.2 Å². The number of nitrogens with zero attached hydrogens (tertiary/aromatic N) is 5. The van der Waals surface area contributed by atoms with Gasteiger partial charge in [0.25, 0.3) is 0 Å². The molecule has 4 atom stereocenters. The van der Waals surface area contributed by atoms with Crippen molar-refractivity contribution < 1.29 is 14.6 Å². The van der Waals surface area contributed by atoms with Crippen LogP contribution in [-0.4, -0.2) is 70.6 Å². The van der Waals surface area contributed by atoms with Gasteiger partial charge in [-0.1, -0.05) is 12.1 Å². The second-order valence-corrected chi connectivity index (χ2v) is 13.2. The number of rotatable bonds is 9. The van der Waals surface area contributed by atoms with E-state index in [1.165, 1.54) is 13.5 Å². The van der Waals surface area contributed by atoms with Crippen molar-refractivity contribution in [2.75, 3.05) is 49.2 Å². The number of carbonyl (C=O) groups excluding carboxylic acids is 1. The Morgan fingerprint density at radius 3 is 2.66 bits per heavy atom. The molecule has 4 unspecified atom stereocenters. The first-order chi connectivity index (χ1) is 21.4. The monoisotopic (exact) mass is 598 g/mol. The third-order valence-corrected chi connectivity index (χ3v) is 10.6. The lowest BCUT2D eigenvalue weighted by molar-refractivity contribution is -0.146. The van der Waals surface area contributed by atoms with Crippen LogP contribution in [-0.2, 0) is 14.9 Å². The maximum Gasteiger partial charge on any atom is 0.308 e. The molecule has 2 bridgehead atoms. The van der Waals surface area contributed by atoms with Crippen LogP contribution in [0.15, 0.2) is 42.7 Å². The zero-order chi connectivity index (χ0) is 30.3. The van der Waals surface area contributed by atoms with E-state index < -0.39 is 0 Å². The highest BCUT2D eigenvalue weighted by Gasteiger charge is 2.63. The zero-order valence-electron chi connectivity index (χ0n) is 25.3. The number of esters is 1. The van der Waals surface area contributed by atoms with Crippen LogP contribution in [0.1, 0.15) is 50.8 Å². The first-order valence-electron chi connectivity index (χ1n) is 16.0. The van der Waals surface area contributed by atoms with Crippen LogP contribution >= 0.6 is 0 Å². The number of nitrogen functional groups attached to an aromatic ring is 1. The average molecular weight is 599 g/mol. The molecule has 4 aliphatic rings. The van der Waals surface area contributed by atoms with Crippen molar-refractivity contribution in [3.8, 4) is 17.0 Å². The Hall–Kier alpha value is -3.99. The van der Waals surface area contributed by atoms with E-state index in [1.54, 1.807) is 12.1 Å². The van der Waals surface area contributed by atoms with Crippen LogP contribution in [0.2, 0.25) is 0 Å². The Labute approximate surface area is 258 Å². The van der Waals surface area contributed by atoms with Crippen LogP contribution in [0.3, 0.4) is 0 Å². The van der Waals surface area contributed by atoms with Crippen LogP contribution in [0, 0.1) is 23.7 Å². The number of hydrogen-bond donors (Lipinski definition) is 4. The molecule has 1 aromatic carbocycles. The molecule has 4 fully saturated rings. The van der Waals surface area contributed by atoms with E-state index in [0.717, 1.165) is 81.9 Å². The minimum absolute atomic E-state index is 0.0572. The highest BCUT2D eigenvalue weighted by atomic mass is 16.5. The van der Waals surface area contributed by atoms with Crippen LogP contribution in [0.5, 0.6) is 5.75 Å². The van der Waals surface area contributed by atoms with Crippen molar-refractivity contribution in [3.05, 3.63) is 48.5 Å². The number of hydrogen-bond acceptors (Lipinski definition) is 11. The van der Waals surface area contributed by atoms with Gasteiger partial charge in [-0.3, -0.25) is 4.79 Å². The summed E-state index contributed by atoms with van der Waals surface area (Å²) in [6, 6.07) is 9.63. The lowest BCUT2D eigenvalue weighted by atomic mass is 9.54. The Balaban J connectivity index is 0.937. The van der Waals surface area contributed by atoms with E-state index in [2.05, 4.69) is 25.7 Å². The summed E-state index contributed by atoms with van der Waals surface area (Å²) in [6.45, 7) is 3.50. The number of carbonyl (C=O) groups is 1. The molecule has 232 valence electrons. The fourth-order valence-electron chi connectivity index (χ4n) is 8.53. The van der Waals surface area contributed by atoms with E-state index in [9.17, 15) is 9.90 Å². The maximum absolute atomic E-state index is 11.7. The summed E-state index contributed by atoms with van der Waals surface area (Å²) in [7, 11) is 1.47. The summed E-state index contributed by atoms with van der Waals surface area (Å²) in [4.78, 5) is 23.9. The van der Waals surface area contributed by atoms with Gasteiger partial charge < -0.3 is 31.1 Å². The Morgan fingerprint density at radius 1 is 1.09 bits per heavy atom. The number of anilines is 3. The number of nitrogens with two attached hydrogens (primary N) is 1. The third-order valence-electron chi connectivity index (χ3n) is 10.6. The number of aromatic hydroxyl groups is 1. The Morgan fingerprint density at radius 2 is 1.89 bits per heavy atom. The molecule has 3 saturated carbocycles. The van der Waals surface area contributed by atoms with E-state index >= 15 is 0 Å². The van der Waals surface area contributed by atoms with Gasteiger partial charge in [-0.05, 0) is 80.9 Å². The molecule has 3 aliphatic carbocycles. The van der Waals surface area contributed by atoms with Gasteiger partial charge in [-0.2, -0.15) is 0 Å². The SMILES string of the molecule is COC(=O)[C@H]1CC[C@@H](NCCNc2cnc(C34CC5CC3C(CN(c3cc(-c6ccccc6O)nnc3N)C5)C4)nc2)CC1. The molecule has 1 saturated heterocycles. The predicted octanol–water partition coefficient (Wildman–Crippen LogP) is 3.76. The smallest absolute Gasteiger partial charge is 0.308 e. The number of fused-ring (bicyclic) bond motifs is 1. The van der Waals surface area contributed by atoms with Gasteiger partial charge in [-0.25, -0.2) is 9.97 Å². The Kier molecular flexibility index (Phi) is 7.74. The molecule has 0 radical (unpaired) electrons.